The first-order chi connectivity index (χ1) is 12.6. The number of ether oxygens (including phenoxy) is 1. The first-order valence-corrected chi connectivity index (χ1v) is 9.41. The number of hydrogen-bond donors (Lipinski definition) is 2. The van der Waals surface area contributed by atoms with Gasteiger partial charge in [0.1, 0.15) is 10.7 Å². The second kappa shape index (κ2) is 7.64. The van der Waals surface area contributed by atoms with Crippen LogP contribution in [0.25, 0.3) is 17.3 Å². The number of phenols is 2. The molecule has 0 bridgehead atoms. The number of halogens is 1. The monoisotopic (exact) mass is 420 g/mol. The molecular formula is C19H15ClNO4S2+. The topological polar surface area (TPSA) is 70.6 Å². The predicted molar refractivity (Wildman–Crippen MR) is 108 cm³/mol. The van der Waals surface area contributed by atoms with Gasteiger partial charge in [-0.15, -0.1) is 17.0 Å². The zero-order valence-electron chi connectivity index (χ0n) is 14.1. The van der Waals surface area contributed by atoms with Crippen LogP contribution in [0.2, 0.25) is 0 Å². The van der Waals surface area contributed by atoms with Crippen molar-refractivity contribution in [1.82, 2.24) is 0 Å². The molecule has 1 aromatic heterocycles. The number of methoxy groups -OCH3 is 1. The van der Waals surface area contributed by atoms with E-state index in [1.807, 2.05) is 35.7 Å². The Morgan fingerprint density at radius 2 is 1.89 bits per heavy atom. The Balaban J connectivity index is 0.00000210. The highest BCUT2D eigenvalue weighted by atomic mass is 35.5. The van der Waals surface area contributed by atoms with Crippen molar-refractivity contribution in [2.45, 2.75) is 4.34 Å². The Hall–Kier alpha value is -2.48. The lowest BCUT2D eigenvalue weighted by atomic mass is 10.1. The number of para-hydroxylation sites is 1. The SMILES string of the molecule is COc1ccccc1/C=C1\Sc2scc(-c3ccc(O)c(O)c3)[n+]2C1=O.Cl. The molecule has 8 heteroatoms. The smallest absolute Gasteiger partial charge is 0.433 e. The summed E-state index contributed by atoms with van der Waals surface area (Å²) in [5.74, 6) is 0.172. The van der Waals surface area contributed by atoms with Crippen LogP contribution < -0.4 is 9.30 Å². The van der Waals surface area contributed by atoms with Gasteiger partial charge in [-0.3, -0.25) is 0 Å². The molecule has 27 heavy (non-hydrogen) atoms. The number of aromatic hydroxyl groups is 2. The Labute approximate surface area is 170 Å². The van der Waals surface area contributed by atoms with Crippen molar-refractivity contribution in [2.24, 2.45) is 0 Å². The first kappa shape index (κ1) is 19.3. The fourth-order valence-corrected chi connectivity index (χ4v) is 4.89. The molecule has 0 spiro atoms. The maximum atomic E-state index is 12.9. The number of carbonyl (C=O) groups is 1. The molecule has 0 aliphatic carbocycles. The summed E-state index contributed by atoms with van der Waals surface area (Å²) in [6, 6.07) is 12.1. The number of phenolic OH excluding ortho intramolecular Hbond substituents is 2. The molecule has 138 valence electrons. The van der Waals surface area contributed by atoms with Gasteiger partial charge in [0.05, 0.1) is 18.1 Å². The van der Waals surface area contributed by atoms with Gasteiger partial charge in [0.25, 0.3) is 0 Å². The van der Waals surface area contributed by atoms with Gasteiger partial charge in [-0.25, -0.2) is 4.79 Å². The number of carbonyl (C=O) groups excluding carboxylic acids is 1. The number of allylic oxidation sites excluding steroid dienone is 1. The minimum atomic E-state index is -0.217. The summed E-state index contributed by atoms with van der Waals surface area (Å²) in [7, 11) is 1.60. The molecule has 0 saturated carbocycles. The highest BCUT2D eigenvalue weighted by Gasteiger charge is 2.41. The van der Waals surface area contributed by atoms with Gasteiger partial charge in [0.2, 0.25) is 5.69 Å². The summed E-state index contributed by atoms with van der Waals surface area (Å²) in [6.07, 6.45) is 1.82. The van der Waals surface area contributed by atoms with Crippen molar-refractivity contribution in [3.63, 3.8) is 0 Å². The van der Waals surface area contributed by atoms with Crippen LogP contribution >= 0.6 is 35.5 Å². The highest BCUT2D eigenvalue weighted by Crippen LogP contribution is 2.39. The number of benzene rings is 2. The minimum absolute atomic E-state index is 0. The molecule has 2 N–H and O–H groups in total. The molecule has 2 aromatic carbocycles. The van der Waals surface area contributed by atoms with E-state index in [4.69, 9.17) is 4.74 Å². The molecule has 2 heterocycles. The lowest BCUT2D eigenvalue weighted by molar-refractivity contribution is -0.588. The van der Waals surface area contributed by atoms with Crippen LogP contribution in [-0.4, -0.2) is 23.2 Å². The molecule has 1 aliphatic heterocycles. The number of thioether (sulfide) groups is 1. The second-order valence-electron chi connectivity index (χ2n) is 5.58. The molecule has 4 rings (SSSR count). The van der Waals surface area contributed by atoms with Crippen LogP contribution in [0.4, 0.5) is 0 Å². The Morgan fingerprint density at radius 1 is 1.11 bits per heavy atom. The fourth-order valence-electron chi connectivity index (χ4n) is 2.72. The summed E-state index contributed by atoms with van der Waals surface area (Å²) < 4.78 is 7.82. The molecule has 0 saturated heterocycles. The third kappa shape index (κ3) is 3.41. The third-order valence-electron chi connectivity index (χ3n) is 4.00. The van der Waals surface area contributed by atoms with E-state index in [1.165, 1.54) is 35.2 Å². The summed E-state index contributed by atoms with van der Waals surface area (Å²) in [6.45, 7) is 0. The number of aromatic nitrogens is 1. The Bertz CT molecular complexity index is 1060. The molecule has 0 atom stereocenters. The van der Waals surface area contributed by atoms with E-state index in [0.29, 0.717) is 21.9 Å². The Morgan fingerprint density at radius 3 is 2.63 bits per heavy atom. The van der Waals surface area contributed by atoms with Crippen molar-refractivity contribution < 1.29 is 24.3 Å². The van der Waals surface area contributed by atoms with Crippen LogP contribution in [0.1, 0.15) is 10.4 Å². The number of fused-ring (bicyclic) bond motifs is 1. The lowest BCUT2D eigenvalue weighted by Gasteiger charge is -2.03. The quantitative estimate of drug-likeness (QED) is 0.375. The number of nitrogens with zero attached hydrogens (tertiary/aromatic N) is 1. The van der Waals surface area contributed by atoms with Crippen molar-refractivity contribution in [1.29, 1.82) is 0 Å². The van der Waals surface area contributed by atoms with Gasteiger partial charge < -0.3 is 14.9 Å². The Kier molecular flexibility index (Phi) is 5.46. The van der Waals surface area contributed by atoms with Crippen LogP contribution in [0.3, 0.4) is 0 Å². The van der Waals surface area contributed by atoms with E-state index in [2.05, 4.69) is 0 Å². The van der Waals surface area contributed by atoms with Crippen LogP contribution in [0.15, 0.2) is 57.1 Å². The average molecular weight is 421 g/mol. The largest absolute Gasteiger partial charge is 0.504 e. The molecule has 0 radical (unpaired) electrons. The van der Waals surface area contributed by atoms with E-state index in [0.717, 1.165) is 9.90 Å². The lowest BCUT2D eigenvalue weighted by Crippen LogP contribution is -2.40. The number of hydrogen-bond acceptors (Lipinski definition) is 6. The summed E-state index contributed by atoms with van der Waals surface area (Å²) in [5.41, 5.74) is 2.18. The van der Waals surface area contributed by atoms with Gasteiger partial charge in [0.15, 0.2) is 11.5 Å². The molecule has 1 aliphatic rings. The third-order valence-corrected chi connectivity index (χ3v) is 6.14. The van der Waals surface area contributed by atoms with Crippen LogP contribution in [-0.2, 0) is 0 Å². The number of rotatable bonds is 3. The molecule has 0 amide bonds. The molecule has 3 aromatic rings. The van der Waals surface area contributed by atoms with Crippen LogP contribution in [0, 0.1) is 0 Å². The molecule has 0 fully saturated rings. The standard InChI is InChI=1S/C19H13NO4S2.ClH/c1-24-16-5-3-2-4-12(16)9-17-18(23)20-13(10-25-19(20)26-17)11-6-7-14(21)15(22)8-11;/h2-10H,1H3,(H-,21,22);1H/p+1/b17-9-;. The van der Waals surface area contributed by atoms with Gasteiger partial charge >= 0.3 is 10.2 Å². The zero-order valence-corrected chi connectivity index (χ0v) is 16.5. The van der Waals surface area contributed by atoms with Crippen molar-refractivity contribution in [2.75, 3.05) is 7.11 Å². The maximum absolute atomic E-state index is 12.9. The van der Waals surface area contributed by atoms with E-state index in [1.54, 1.807) is 17.7 Å². The number of thiazole rings is 1. The highest BCUT2D eigenvalue weighted by molar-refractivity contribution is 8.05. The minimum Gasteiger partial charge on any atom is -0.504 e. The van der Waals surface area contributed by atoms with Gasteiger partial charge in [-0.1, -0.05) is 29.5 Å². The fraction of sp³-hybridized carbons (Fsp3) is 0.0526. The maximum Gasteiger partial charge on any atom is 0.433 e. The normalized spacial score (nSPS) is 14.1. The van der Waals surface area contributed by atoms with Crippen LogP contribution in [0.5, 0.6) is 17.2 Å². The van der Waals surface area contributed by atoms with Crippen molar-refractivity contribution in [3.8, 4) is 28.5 Å². The van der Waals surface area contributed by atoms with E-state index >= 15 is 0 Å². The van der Waals surface area contributed by atoms with E-state index in [-0.39, 0.29) is 29.8 Å². The summed E-state index contributed by atoms with van der Waals surface area (Å²) >= 11 is 2.87. The first-order valence-electron chi connectivity index (χ1n) is 7.71. The van der Waals surface area contributed by atoms with Gasteiger partial charge in [0, 0.05) is 17.3 Å². The molecule has 0 unspecified atom stereocenters. The van der Waals surface area contributed by atoms with Gasteiger partial charge in [-0.05, 0) is 30.3 Å². The summed E-state index contributed by atoms with van der Waals surface area (Å²) in [5, 5.41) is 21.1. The van der Waals surface area contributed by atoms with Gasteiger partial charge in [-0.2, -0.15) is 0 Å². The second-order valence-corrected chi connectivity index (χ2v) is 7.73. The summed E-state index contributed by atoms with van der Waals surface area (Å²) in [4.78, 5) is 13.5. The van der Waals surface area contributed by atoms with E-state index in [9.17, 15) is 15.0 Å². The molecular weight excluding hydrogens is 406 g/mol. The zero-order chi connectivity index (χ0) is 18.3. The molecule has 5 nitrogen and oxygen atoms in total. The van der Waals surface area contributed by atoms with Crippen molar-refractivity contribution in [3.05, 3.63) is 58.3 Å². The van der Waals surface area contributed by atoms with Crippen molar-refractivity contribution >= 4 is 47.5 Å². The predicted octanol–water partition coefficient (Wildman–Crippen LogP) is 4.33. The average Bonchev–Trinajstić information content (AvgIpc) is 3.19. The van der Waals surface area contributed by atoms with E-state index < -0.39 is 0 Å².